The largest absolute Gasteiger partial charge is 0.338 e. The summed E-state index contributed by atoms with van der Waals surface area (Å²) in [6.07, 6.45) is 7.76. The Hall–Kier alpha value is -0.870. The van der Waals surface area contributed by atoms with Crippen molar-refractivity contribution in [2.24, 2.45) is 13.0 Å². The van der Waals surface area contributed by atoms with Crippen LogP contribution in [0.4, 0.5) is 0 Å². The van der Waals surface area contributed by atoms with Crippen molar-refractivity contribution < 1.29 is 0 Å². The van der Waals surface area contributed by atoms with E-state index >= 15 is 0 Å². The Morgan fingerprint density at radius 2 is 2.10 bits per heavy atom. The van der Waals surface area contributed by atoms with Gasteiger partial charge in [-0.05, 0) is 39.5 Å². The van der Waals surface area contributed by atoms with Crippen LogP contribution in [0.25, 0.3) is 0 Å². The summed E-state index contributed by atoms with van der Waals surface area (Å²) in [5.74, 6) is 2.07. The van der Waals surface area contributed by atoms with Crippen LogP contribution in [0.15, 0.2) is 12.4 Å². The maximum absolute atomic E-state index is 4.45. The normalized spacial score (nSPS) is 30.6. The van der Waals surface area contributed by atoms with Gasteiger partial charge in [0.1, 0.15) is 5.82 Å². The number of nitrogens with zero attached hydrogens (tertiary/aromatic N) is 3. The van der Waals surface area contributed by atoms with Crippen LogP contribution in [0.2, 0.25) is 0 Å². The number of piperazine rings is 1. The van der Waals surface area contributed by atoms with E-state index in [-0.39, 0.29) is 5.54 Å². The second-order valence-corrected chi connectivity index (χ2v) is 7.48. The van der Waals surface area contributed by atoms with Crippen molar-refractivity contribution in [2.45, 2.75) is 51.1 Å². The molecule has 2 aliphatic rings. The number of hydrogen-bond acceptors (Lipinski definition) is 3. The fraction of sp³-hybridized carbons (Fsp3) is 0.812. The van der Waals surface area contributed by atoms with E-state index in [2.05, 4.69) is 47.6 Å². The van der Waals surface area contributed by atoms with Gasteiger partial charge in [0, 0.05) is 56.6 Å². The third-order valence-corrected chi connectivity index (χ3v) is 5.30. The van der Waals surface area contributed by atoms with E-state index in [1.807, 2.05) is 12.4 Å². The molecule has 1 N–H and O–H groups in total. The Morgan fingerprint density at radius 3 is 2.70 bits per heavy atom. The zero-order chi connectivity index (χ0) is 14.4. The third kappa shape index (κ3) is 2.63. The van der Waals surface area contributed by atoms with Gasteiger partial charge in [0.05, 0.1) is 0 Å². The highest BCUT2D eigenvalue weighted by Crippen LogP contribution is 2.42. The van der Waals surface area contributed by atoms with Gasteiger partial charge in [0.15, 0.2) is 0 Å². The van der Waals surface area contributed by atoms with Crippen LogP contribution in [0.1, 0.15) is 39.4 Å². The van der Waals surface area contributed by atoms with E-state index < -0.39 is 0 Å². The standard InChI is InChI=1S/C16H28N4/c1-15(2)11-18-16(3,13-5-6-13)12-20(15)9-7-14-17-8-10-19(14)4/h8,10,13,18H,5-7,9,11-12H2,1-4H3. The molecule has 1 aromatic rings. The molecule has 3 rings (SSSR count). The molecule has 2 fully saturated rings. The molecule has 20 heavy (non-hydrogen) atoms. The SMILES string of the molecule is Cn1ccnc1CCN1CC(C)(C2CC2)NCC1(C)C. The molecule has 1 unspecified atom stereocenters. The molecule has 0 amide bonds. The summed E-state index contributed by atoms with van der Waals surface area (Å²) in [6.45, 7) is 10.5. The van der Waals surface area contributed by atoms with E-state index in [4.69, 9.17) is 0 Å². The molecule has 4 heteroatoms. The molecule has 2 heterocycles. The number of rotatable bonds is 4. The minimum atomic E-state index is 0.236. The van der Waals surface area contributed by atoms with Crippen molar-refractivity contribution in [2.75, 3.05) is 19.6 Å². The molecular weight excluding hydrogens is 248 g/mol. The lowest BCUT2D eigenvalue weighted by atomic mass is 9.86. The van der Waals surface area contributed by atoms with E-state index in [0.717, 1.165) is 32.0 Å². The second kappa shape index (κ2) is 4.85. The lowest BCUT2D eigenvalue weighted by Gasteiger charge is -2.51. The van der Waals surface area contributed by atoms with Crippen molar-refractivity contribution in [3.63, 3.8) is 0 Å². The van der Waals surface area contributed by atoms with Crippen LogP contribution in [-0.2, 0) is 13.5 Å². The summed E-state index contributed by atoms with van der Waals surface area (Å²) >= 11 is 0. The summed E-state index contributed by atoms with van der Waals surface area (Å²) < 4.78 is 2.13. The van der Waals surface area contributed by atoms with Crippen molar-refractivity contribution in [1.82, 2.24) is 19.8 Å². The molecule has 0 aromatic carbocycles. The van der Waals surface area contributed by atoms with Gasteiger partial charge in [0.25, 0.3) is 0 Å². The van der Waals surface area contributed by atoms with E-state index in [0.29, 0.717) is 5.54 Å². The Kier molecular flexibility index (Phi) is 3.41. The minimum absolute atomic E-state index is 0.236. The number of nitrogens with one attached hydrogen (secondary N) is 1. The molecule has 1 aromatic heterocycles. The first-order valence-corrected chi connectivity index (χ1v) is 7.87. The lowest BCUT2D eigenvalue weighted by molar-refractivity contribution is 0.0248. The van der Waals surface area contributed by atoms with E-state index in [1.54, 1.807) is 0 Å². The predicted molar refractivity (Wildman–Crippen MR) is 81.7 cm³/mol. The maximum atomic E-state index is 4.45. The van der Waals surface area contributed by atoms with Gasteiger partial charge < -0.3 is 9.88 Å². The summed E-state index contributed by atoms with van der Waals surface area (Å²) in [5, 5.41) is 3.82. The molecule has 0 bridgehead atoms. The predicted octanol–water partition coefficient (Wildman–Crippen LogP) is 1.82. The van der Waals surface area contributed by atoms with E-state index in [1.165, 1.54) is 18.7 Å². The van der Waals surface area contributed by atoms with Gasteiger partial charge in [-0.3, -0.25) is 4.90 Å². The van der Waals surface area contributed by atoms with Crippen molar-refractivity contribution in [3.05, 3.63) is 18.2 Å². The van der Waals surface area contributed by atoms with Crippen LogP contribution < -0.4 is 5.32 Å². The number of hydrogen-bond donors (Lipinski definition) is 1. The average molecular weight is 276 g/mol. The first kappa shape index (κ1) is 14.1. The molecule has 0 spiro atoms. The van der Waals surface area contributed by atoms with Crippen molar-refractivity contribution >= 4 is 0 Å². The zero-order valence-corrected chi connectivity index (χ0v) is 13.3. The maximum Gasteiger partial charge on any atom is 0.109 e. The Bertz CT molecular complexity index is 475. The van der Waals surface area contributed by atoms with E-state index in [9.17, 15) is 0 Å². The van der Waals surface area contributed by atoms with Crippen LogP contribution in [0.3, 0.4) is 0 Å². The monoisotopic (exact) mass is 276 g/mol. The highest BCUT2D eigenvalue weighted by Gasteiger charge is 2.47. The number of aryl methyl sites for hydroxylation is 1. The Morgan fingerprint density at radius 1 is 1.35 bits per heavy atom. The Balaban J connectivity index is 1.67. The summed E-state index contributed by atoms with van der Waals surface area (Å²) in [7, 11) is 2.08. The minimum Gasteiger partial charge on any atom is -0.338 e. The van der Waals surface area contributed by atoms with Gasteiger partial charge in [0.2, 0.25) is 0 Å². The van der Waals surface area contributed by atoms with Crippen LogP contribution >= 0.6 is 0 Å². The molecule has 4 nitrogen and oxygen atoms in total. The lowest BCUT2D eigenvalue weighted by Crippen LogP contribution is -2.68. The van der Waals surface area contributed by atoms with Crippen LogP contribution in [0, 0.1) is 5.92 Å². The molecule has 1 saturated carbocycles. The van der Waals surface area contributed by atoms with Gasteiger partial charge >= 0.3 is 0 Å². The number of aromatic nitrogens is 2. The fourth-order valence-corrected chi connectivity index (χ4v) is 3.44. The molecule has 112 valence electrons. The molecule has 1 saturated heterocycles. The summed E-state index contributed by atoms with van der Waals surface area (Å²) in [5.41, 5.74) is 0.552. The average Bonchev–Trinajstić information content (AvgIpc) is 3.17. The molecule has 1 aliphatic carbocycles. The quantitative estimate of drug-likeness (QED) is 0.910. The van der Waals surface area contributed by atoms with Gasteiger partial charge in [-0.25, -0.2) is 4.98 Å². The highest BCUT2D eigenvalue weighted by molar-refractivity contribution is 5.07. The highest BCUT2D eigenvalue weighted by atomic mass is 15.3. The van der Waals surface area contributed by atoms with Gasteiger partial charge in [-0.1, -0.05) is 0 Å². The molecular formula is C16H28N4. The fourth-order valence-electron chi connectivity index (χ4n) is 3.44. The zero-order valence-electron chi connectivity index (χ0n) is 13.3. The second-order valence-electron chi connectivity index (χ2n) is 7.48. The van der Waals surface area contributed by atoms with Crippen LogP contribution in [-0.4, -0.2) is 45.2 Å². The van der Waals surface area contributed by atoms with Gasteiger partial charge in [-0.2, -0.15) is 0 Å². The Labute approximate surface area is 122 Å². The van der Waals surface area contributed by atoms with Crippen molar-refractivity contribution in [1.29, 1.82) is 0 Å². The summed E-state index contributed by atoms with van der Waals surface area (Å²) in [4.78, 5) is 7.12. The van der Waals surface area contributed by atoms with Crippen LogP contribution in [0.5, 0.6) is 0 Å². The molecule has 0 radical (unpaired) electrons. The first-order valence-electron chi connectivity index (χ1n) is 7.87. The molecule has 1 aliphatic heterocycles. The molecule has 1 atom stereocenters. The third-order valence-electron chi connectivity index (χ3n) is 5.30. The number of imidazole rings is 1. The first-order chi connectivity index (χ1) is 9.41. The van der Waals surface area contributed by atoms with Crippen molar-refractivity contribution in [3.8, 4) is 0 Å². The van der Waals surface area contributed by atoms with Gasteiger partial charge in [-0.15, -0.1) is 0 Å². The summed E-state index contributed by atoms with van der Waals surface area (Å²) in [6, 6.07) is 0. The smallest absolute Gasteiger partial charge is 0.109 e. The topological polar surface area (TPSA) is 33.1 Å².